The van der Waals surface area contributed by atoms with Gasteiger partial charge in [-0.15, -0.1) is 11.6 Å². The van der Waals surface area contributed by atoms with Crippen molar-refractivity contribution in [3.63, 3.8) is 0 Å². The predicted octanol–water partition coefficient (Wildman–Crippen LogP) is 3.23. The maximum atomic E-state index is 5.79. The normalized spacial score (nSPS) is 24.6. The van der Waals surface area contributed by atoms with E-state index in [0.29, 0.717) is 11.9 Å². The monoisotopic (exact) mass is 253 g/mol. The molecule has 0 bridgehead atoms. The molecule has 0 spiro atoms. The summed E-state index contributed by atoms with van der Waals surface area (Å²) < 4.78 is 0. The summed E-state index contributed by atoms with van der Waals surface area (Å²) in [4.78, 5) is 11.0. The third-order valence-corrected chi connectivity index (χ3v) is 3.90. The van der Waals surface area contributed by atoms with Crippen molar-refractivity contribution in [2.75, 3.05) is 11.9 Å². The van der Waals surface area contributed by atoms with Gasteiger partial charge >= 0.3 is 0 Å². The van der Waals surface area contributed by atoms with E-state index in [4.69, 9.17) is 11.6 Å². The lowest BCUT2D eigenvalue weighted by atomic mass is 9.86. The van der Waals surface area contributed by atoms with Gasteiger partial charge < -0.3 is 4.90 Å². The van der Waals surface area contributed by atoms with Gasteiger partial charge in [0.25, 0.3) is 0 Å². The van der Waals surface area contributed by atoms with Crippen LogP contribution in [0, 0.1) is 5.92 Å². The zero-order chi connectivity index (χ0) is 12.3. The van der Waals surface area contributed by atoms with Crippen LogP contribution >= 0.6 is 11.6 Å². The first-order valence-corrected chi connectivity index (χ1v) is 6.84. The lowest BCUT2D eigenvalue weighted by molar-refractivity contribution is 0.335. The van der Waals surface area contributed by atoms with Crippen molar-refractivity contribution in [3.05, 3.63) is 18.1 Å². The quantitative estimate of drug-likeness (QED) is 0.775. The number of hydrogen-bond donors (Lipinski definition) is 0. The number of hydrogen-bond acceptors (Lipinski definition) is 3. The Morgan fingerprint density at radius 2 is 2.24 bits per heavy atom. The second-order valence-corrected chi connectivity index (χ2v) is 5.31. The Hall–Kier alpha value is -0.830. The van der Waals surface area contributed by atoms with E-state index in [2.05, 4.69) is 28.8 Å². The van der Waals surface area contributed by atoms with Crippen molar-refractivity contribution in [2.45, 2.75) is 44.5 Å². The molecule has 94 valence electrons. The summed E-state index contributed by atoms with van der Waals surface area (Å²) in [6.45, 7) is 2.33. The summed E-state index contributed by atoms with van der Waals surface area (Å²) in [7, 11) is 2.12. The molecule has 1 aromatic heterocycles. The van der Waals surface area contributed by atoms with Crippen LogP contribution in [-0.4, -0.2) is 23.1 Å². The Kier molecular flexibility index (Phi) is 4.21. The minimum Gasteiger partial charge on any atom is -0.355 e. The average molecular weight is 254 g/mol. The number of aromatic nitrogens is 2. The van der Waals surface area contributed by atoms with Gasteiger partial charge in [0.2, 0.25) is 0 Å². The Balaban J connectivity index is 2.09. The number of alkyl halides is 1. The molecule has 1 heterocycles. The van der Waals surface area contributed by atoms with Crippen LogP contribution in [-0.2, 0) is 5.88 Å². The van der Waals surface area contributed by atoms with Crippen molar-refractivity contribution in [3.8, 4) is 0 Å². The van der Waals surface area contributed by atoms with Crippen LogP contribution in [0.4, 0.5) is 5.82 Å². The Labute approximate surface area is 108 Å². The standard InChI is InChI=1S/C13H20ClN3/c1-10-4-3-5-12(6-10)17(2)13-9-15-8-11(7-14)16-13/h8-10,12H,3-7H2,1-2H3. The summed E-state index contributed by atoms with van der Waals surface area (Å²) in [5, 5.41) is 0. The van der Waals surface area contributed by atoms with Crippen LogP contribution in [0.2, 0.25) is 0 Å². The fourth-order valence-corrected chi connectivity index (χ4v) is 2.70. The maximum absolute atomic E-state index is 5.79. The average Bonchev–Trinajstić information content (AvgIpc) is 2.38. The molecule has 1 saturated carbocycles. The molecule has 2 rings (SSSR count). The zero-order valence-electron chi connectivity index (χ0n) is 10.6. The molecule has 0 aliphatic heterocycles. The topological polar surface area (TPSA) is 29.0 Å². The van der Waals surface area contributed by atoms with Crippen LogP contribution in [0.15, 0.2) is 12.4 Å². The molecule has 4 heteroatoms. The highest BCUT2D eigenvalue weighted by Gasteiger charge is 2.23. The van der Waals surface area contributed by atoms with E-state index in [9.17, 15) is 0 Å². The predicted molar refractivity (Wildman–Crippen MR) is 71.4 cm³/mol. The van der Waals surface area contributed by atoms with Gasteiger partial charge in [-0.1, -0.05) is 19.8 Å². The molecule has 1 aliphatic carbocycles. The third-order valence-electron chi connectivity index (χ3n) is 3.63. The molecular weight excluding hydrogens is 234 g/mol. The van der Waals surface area contributed by atoms with E-state index in [1.807, 2.05) is 6.20 Å². The lowest BCUT2D eigenvalue weighted by Gasteiger charge is -2.34. The highest BCUT2D eigenvalue weighted by molar-refractivity contribution is 6.16. The van der Waals surface area contributed by atoms with Crippen molar-refractivity contribution in [1.29, 1.82) is 0 Å². The lowest BCUT2D eigenvalue weighted by Crippen LogP contribution is -2.36. The minimum atomic E-state index is 0.426. The van der Waals surface area contributed by atoms with Gasteiger partial charge in [0.15, 0.2) is 0 Å². The molecular formula is C13H20ClN3. The number of halogens is 1. The molecule has 2 unspecified atom stereocenters. The van der Waals surface area contributed by atoms with Crippen LogP contribution in [0.25, 0.3) is 0 Å². The van der Waals surface area contributed by atoms with Crippen molar-refractivity contribution in [1.82, 2.24) is 9.97 Å². The van der Waals surface area contributed by atoms with Crippen LogP contribution in [0.3, 0.4) is 0 Å². The second-order valence-electron chi connectivity index (χ2n) is 5.04. The van der Waals surface area contributed by atoms with Gasteiger partial charge in [0.05, 0.1) is 17.8 Å². The maximum Gasteiger partial charge on any atom is 0.147 e. The van der Waals surface area contributed by atoms with Gasteiger partial charge in [0, 0.05) is 19.3 Å². The van der Waals surface area contributed by atoms with Crippen molar-refractivity contribution >= 4 is 17.4 Å². The van der Waals surface area contributed by atoms with Gasteiger partial charge in [-0.2, -0.15) is 0 Å². The summed E-state index contributed by atoms with van der Waals surface area (Å²) in [6.07, 6.45) is 8.75. The van der Waals surface area contributed by atoms with Crippen LogP contribution in [0.1, 0.15) is 38.3 Å². The molecule has 2 atom stereocenters. The molecule has 0 radical (unpaired) electrons. The Morgan fingerprint density at radius 1 is 1.41 bits per heavy atom. The highest BCUT2D eigenvalue weighted by Crippen LogP contribution is 2.28. The fraction of sp³-hybridized carbons (Fsp3) is 0.692. The van der Waals surface area contributed by atoms with E-state index >= 15 is 0 Å². The summed E-state index contributed by atoms with van der Waals surface area (Å²) in [6, 6.07) is 0.596. The first kappa shape index (κ1) is 12.6. The molecule has 1 fully saturated rings. The van der Waals surface area contributed by atoms with Gasteiger partial charge in [0.1, 0.15) is 5.82 Å². The van der Waals surface area contributed by atoms with E-state index in [-0.39, 0.29) is 0 Å². The Morgan fingerprint density at radius 3 is 2.94 bits per heavy atom. The molecule has 0 aromatic carbocycles. The van der Waals surface area contributed by atoms with Gasteiger partial charge in [-0.3, -0.25) is 4.98 Å². The summed E-state index contributed by atoms with van der Waals surface area (Å²) in [5.74, 6) is 2.19. The third kappa shape index (κ3) is 3.09. The number of anilines is 1. The molecule has 1 aliphatic rings. The minimum absolute atomic E-state index is 0.426. The molecule has 0 amide bonds. The highest BCUT2D eigenvalue weighted by atomic mass is 35.5. The zero-order valence-corrected chi connectivity index (χ0v) is 11.3. The van der Waals surface area contributed by atoms with Crippen LogP contribution in [0.5, 0.6) is 0 Å². The van der Waals surface area contributed by atoms with Gasteiger partial charge in [-0.25, -0.2) is 4.98 Å². The number of rotatable bonds is 3. The van der Waals surface area contributed by atoms with Crippen LogP contribution < -0.4 is 4.90 Å². The molecule has 0 saturated heterocycles. The van der Waals surface area contributed by atoms with E-state index in [0.717, 1.165) is 17.4 Å². The van der Waals surface area contributed by atoms with Crippen molar-refractivity contribution < 1.29 is 0 Å². The van der Waals surface area contributed by atoms with E-state index in [1.165, 1.54) is 25.7 Å². The fourth-order valence-electron chi connectivity index (χ4n) is 2.57. The SMILES string of the molecule is CC1CCCC(N(C)c2cncc(CCl)n2)C1. The molecule has 0 N–H and O–H groups in total. The smallest absolute Gasteiger partial charge is 0.147 e. The number of nitrogens with zero attached hydrogens (tertiary/aromatic N) is 3. The first-order valence-electron chi connectivity index (χ1n) is 6.30. The van der Waals surface area contributed by atoms with E-state index < -0.39 is 0 Å². The molecule has 1 aromatic rings. The Bertz CT molecular complexity index is 369. The molecule has 17 heavy (non-hydrogen) atoms. The van der Waals surface area contributed by atoms with E-state index in [1.54, 1.807) is 6.20 Å². The second kappa shape index (κ2) is 5.67. The molecule has 3 nitrogen and oxygen atoms in total. The summed E-state index contributed by atoms with van der Waals surface area (Å²) in [5.41, 5.74) is 0.847. The summed E-state index contributed by atoms with van der Waals surface area (Å²) >= 11 is 5.79. The largest absolute Gasteiger partial charge is 0.355 e. The van der Waals surface area contributed by atoms with Gasteiger partial charge in [-0.05, 0) is 18.8 Å². The first-order chi connectivity index (χ1) is 8.20. The van der Waals surface area contributed by atoms with Crippen molar-refractivity contribution in [2.24, 2.45) is 5.92 Å².